The maximum absolute atomic E-state index is 13.1. The lowest BCUT2D eigenvalue weighted by molar-refractivity contribution is -0.178. The molecule has 0 N–H and O–H groups in total. The van der Waals surface area contributed by atoms with Crippen LogP contribution in [0.1, 0.15) is 19.3 Å². The van der Waals surface area contributed by atoms with Crippen molar-refractivity contribution in [1.29, 1.82) is 0 Å². The van der Waals surface area contributed by atoms with E-state index in [9.17, 15) is 22.4 Å². The van der Waals surface area contributed by atoms with Gasteiger partial charge in [-0.2, -0.15) is 20.5 Å². The van der Waals surface area contributed by atoms with Gasteiger partial charge in [0.15, 0.2) is 0 Å². The number of carbonyl (C=O) groups is 1. The molecule has 18 heavy (non-hydrogen) atoms. The molecular weight excluding hydrogens is 272 g/mol. The van der Waals surface area contributed by atoms with Crippen LogP contribution in [0.3, 0.4) is 0 Å². The first-order valence-electron chi connectivity index (χ1n) is 5.79. The van der Waals surface area contributed by atoms with E-state index in [1.807, 2.05) is 0 Å². The summed E-state index contributed by atoms with van der Waals surface area (Å²) in [6.45, 7) is 0.191. The lowest BCUT2D eigenvalue weighted by Gasteiger charge is -2.37. The van der Waals surface area contributed by atoms with Crippen LogP contribution >= 0.6 is 11.8 Å². The Morgan fingerprint density at radius 2 is 2.17 bits per heavy atom. The van der Waals surface area contributed by atoms with Crippen LogP contribution in [-0.4, -0.2) is 41.8 Å². The van der Waals surface area contributed by atoms with Gasteiger partial charge in [-0.05, 0) is 25.0 Å². The molecule has 2 atom stereocenters. The monoisotopic (exact) mass is 286 g/mol. The summed E-state index contributed by atoms with van der Waals surface area (Å²) in [6, 6.07) is 0. The summed E-state index contributed by atoms with van der Waals surface area (Å²) < 4.78 is 56.0. The van der Waals surface area contributed by atoms with Gasteiger partial charge in [0.05, 0.1) is 5.60 Å². The summed E-state index contributed by atoms with van der Waals surface area (Å²) >= 11 is 1.64. The van der Waals surface area contributed by atoms with Gasteiger partial charge in [-0.15, -0.1) is 0 Å². The SMILES string of the molecule is O=C(C1CCOC2(CCSC2)C1)C(F)(F)C(F)F. The van der Waals surface area contributed by atoms with Crippen LogP contribution in [0, 0.1) is 5.92 Å². The van der Waals surface area contributed by atoms with Gasteiger partial charge in [0, 0.05) is 18.3 Å². The van der Waals surface area contributed by atoms with Crippen molar-refractivity contribution in [3.8, 4) is 0 Å². The number of Topliss-reactive ketones (excluding diaryl/α,β-unsaturated/α-hetero) is 1. The summed E-state index contributed by atoms with van der Waals surface area (Å²) in [5.74, 6) is -5.67. The normalized spacial score (nSPS) is 33.3. The first-order chi connectivity index (χ1) is 8.37. The van der Waals surface area contributed by atoms with E-state index in [2.05, 4.69) is 0 Å². The van der Waals surface area contributed by atoms with Crippen molar-refractivity contribution >= 4 is 17.5 Å². The average Bonchev–Trinajstić information content (AvgIpc) is 2.76. The third-order valence-electron chi connectivity index (χ3n) is 3.53. The van der Waals surface area contributed by atoms with E-state index in [1.165, 1.54) is 0 Å². The zero-order chi connectivity index (χ0) is 13.4. The molecule has 0 aromatic carbocycles. The number of halogens is 4. The molecule has 2 nitrogen and oxygen atoms in total. The minimum atomic E-state index is -4.53. The minimum absolute atomic E-state index is 0.105. The predicted molar refractivity (Wildman–Crippen MR) is 59.3 cm³/mol. The van der Waals surface area contributed by atoms with Gasteiger partial charge in [0.25, 0.3) is 0 Å². The molecule has 0 aromatic rings. The Kier molecular flexibility index (Phi) is 3.92. The molecule has 2 unspecified atom stereocenters. The van der Waals surface area contributed by atoms with Crippen molar-refractivity contribution in [2.45, 2.75) is 37.2 Å². The van der Waals surface area contributed by atoms with Crippen molar-refractivity contribution < 1.29 is 27.1 Å². The summed E-state index contributed by atoms with van der Waals surface area (Å²) in [5, 5.41) is 0. The van der Waals surface area contributed by atoms with Gasteiger partial charge in [-0.25, -0.2) is 8.78 Å². The fraction of sp³-hybridized carbons (Fsp3) is 0.909. The summed E-state index contributed by atoms with van der Waals surface area (Å²) in [4.78, 5) is 11.5. The maximum Gasteiger partial charge on any atom is 0.364 e. The molecule has 0 amide bonds. The molecule has 0 bridgehead atoms. The van der Waals surface area contributed by atoms with Crippen LogP contribution in [0.4, 0.5) is 17.6 Å². The topological polar surface area (TPSA) is 26.3 Å². The Labute approximate surface area is 106 Å². The highest BCUT2D eigenvalue weighted by Gasteiger charge is 2.54. The second kappa shape index (κ2) is 5.00. The molecule has 0 aliphatic carbocycles. The van der Waals surface area contributed by atoms with Crippen LogP contribution in [0.25, 0.3) is 0 Å². The number of hydrogen-bond donors (Lipinski definition) is 0. The van der Waals surface area contributed by atoms with Crippen LogP contribution in [0.2, 0.25) is 0 Å². The highest BCUT2D eigenvalue weighted by molar-refractivity contribution is 7.99. The van der Waals surface area contributed by atoms with Gasteiger partial charge in [0.1, 0.15) is 0 Å². The van der Waals surface area contributed by atoms with Crippen LogP contribution < -0.4 is 0 Å². The van der Waals surface area contributed by atoms with E-state index >= 15 is 0 Å². The fourth-order valence-corrected chi connectivity index (χ4v) is 3.87. The number of ketones is 1. The Hall–Kier alpha value is -0.300. The molecule has 7 heteroatoms. The predicted octanol–water partition coefficient (Wildman–Crippen LogP) is 2.76. The molecule has 0 aromatic heterocycles. The van der Waals surface area contributed by atoms with E-state index in [0.717, 1.165) is 5.75 Å². The quantitative estimate of drug-likeness (QED) is 0.746. The third-order valence-corrected chi connectivity index (χ3v) is 4.76. The maximum atomic E-state index is 13.1. The van der Waals surface area contributed by atoms with Gasteiger partial charge in [-0.3, -0.25) is 4.79 Å². The van der Waals surface area contributed by atoms with E-state index in [1.54, 1.807) is 11.8 Å². The molecule has 2 saturated heterocycles. The van der Waals surface area contributed by atoms with Crippen LogP contribution in [0.15, 0.2) is 0 Å². The molecule has 104 valence electrons. The highest BCUT2D eigenvalue weighted by atomic mass is 32.2. The van der Waals surface area contributed by atoms with E-state index < -0.39 is 29.7 Å². The summed E-state index contributed by atoms with van der Waals surface area (Å²) in [6.07, 6.45) is -2.99. The van der Waals surface area contributed by atoms with Crippen molar-refractivity contribution in [1.82, 2.24) is 0 Å². The molecule has 0 saturated carbocycles. The second-order valence-electron chi connectivity index (χ2n) is 4.81. The Morgan fingerprint density at radius 3 is 2.72 bits per heavy atom. The first-order valence-corrected chi connectivity index (χ1v) is 6.95. The smallest absolute Gasteiger partial charge is 0.364 e. The number of rotatable bonds is 3. The molecular formula is C11H14F4O2S. The molecule has 0 radical (unpaired) electrons. The lowest BCUT2D eigenvalue weighted by Crippen LogP contribution is -2.48. The van der Waals surface area contributed by atoms with Crippen LogP contribution in [-0.2, 0) is 9.53 Å². The van der Waals surface area contributed by atoms with Crippen molar-refractivity contribution in [2.24, 2.45) is 5.92 Å². The number of carbonyl (C=O) groups excluding carboxylic acids is 1. The van der Waals surface area contributed by atoms with Gasteiger partial charge in [-0.1, -0.05) is 0 Å². The van der Waals surface area contributed by atoms with Crippen LogP contribution in [0.5, 0.6) is 0 Å². The van der Waals surface area contributed by atoms with Crippen molar-refractivity contribution in [2.75, 3.05) is 18.1 Å². The Balaban J connectivity index is 2.07. The standard InChI is InChI=1S/C11H14F4O2S/c12-9(13)11(14,15)8(16)7-1-3-17-10(5-7)2-4-18-6-10/h7,9H,1-6H2. The molecule has 2 aliphatic heterocycles. The number of thioether (sulfide) groups is 1. The summed E-state index contributed by atoms with van der Waals surface area (Å²) in [7, 11) is 0. The minimum Gasteiger partial charge on any atom is -0.374 e. The van der Waals surface area contributed by atoms with Crippen molar-refractivity contribution in [3.05, 3.63) is 0 Å². The highest BCUT2D eigenvalue weighted by Crippen LogP contribution is 2.42. The molecule has 2 rings (SSSR count). The van der Waals surface area contributed by atoms with Gasteiger partial charge < -0.3 is 4.74 Å². The summed E-state index contributed by atoms with van der Waals surface area (Å²) in [5.41, 5.74) is -0.554. The van der Waals surface area contributed by atoms with E-state index in [-0.39, 0.29) is 19.4 Å². The lowest BCUT2D eigenvalue weighted by atomic mass is 9.81. The average molecular weight is 286 g/mol. The number of ether oxygens (including phenoxy) is 1. The van der Waals surface area contributed by atoms with Gasteiger partial charge in [0.2, 0.25) is 5.78 Å². The third kappa shape index (κ3) is 2.52. The zero-order valence-electron chi connectivity index (χ0n) is 9.63. The van der Waals surface area contributed by atoms with Gasteiger partial charge >= 0.3 is 12.3 Å². The fourth-order valence-electron chi connectivity index (χ4n) is 2.49. The Bertz CT molecular complexity index is 329. The number of alkyl halides is 4. The van der Waals surface area contributed by atoms with Crippen molar-refractivity contribution in [3.63, 3.8) is 0 Å². The first kappa shape index (κ1) is 14.1. The molecule has 2 aliphatic rings. The molecule has 2 heterocycles. The second-order valence-corrected chi connectivity index (χ2v) is 5.92. The molecule has 1 spiro atoms. The zero-order valence-corrected chi connectivity index (χ0v) is 10.5. The Morgan fingerprint density at radius 1 is 1.44 bits per heavy atom. The number of hydrogen-bond acceptors (Lipinski definition) is 3. The van der Waals surface area contributed by atoms with E-state index in [4.69, 9.17) is 4.74 Å². The largest absolute Gasteiger partial charge is 0.374 e. The molecule has 2 fully saturated rings. The van der Waals surface area contributed by atoms with E-state index in [0.29, 0.717) is 12.2 Å².